The largest absolute Gasteiger partial charge is 0.480 e. The van der Waals surface area contributed by atoms with Crippen LogP contribution in [0.25, 0.3) is 5.65 Å². The summed E-state index contributed by atoms with van der Waals surface area (Å²) in [5, 5.41) is 11.2. The Labute approximate surface area is 145 Å². The van der Waals surface area contributed by atoms with E-state index in [1.54, 1.807) is 6.92 Å². The molecule has 0 aliphatic heterocycles. The summed E-state index contributed by atoms with van der Waals surface area (Å²) in [4.78, 5) is 27.6. The van der Waals surface area contributed by atoms with Gasteiger partial charge in [-0.15, -0.1) is 0 Å². The number of hydrogen-bond acceptors (Lipinski definition) is 3. The molecule has 25 heavy (non-hydrogen) atoms. The molecule has 0 aromatic carbocycles. The number of aliphatic carboxylic acids is 1. The SMILES string of the molecule is CCCC(NC(=O)c1c(C)nc2c(Cl)cc(C(F)(F)F)cn12)C(=O)O. The summed E-state index contributed by atoms with van der Waals surface area (Å²) >= 11 is 5.85. The summed E-state index contributed by atoms with van der Waals surface area (Å²) in [6.07, 6.45) is -3.25. The van der Waals surface area contributed by atoms with E-state index in [-0.39, 0.29) is 28.5 Å². The standard InChI is InChI=1S/C15H15ClF3N3O3/c1-3-4-10(14(24)25)21-13(23)11-7(2)20-12-9(16)5-8(6-22(11)12)15(17,18)19/h5-6,10H,3-4H2,1-2H3,(H,21,23)(H,24,25). The van der Waals surface area contributed by atoms with E-state index in [4.69, 9.17) is 16.7 Å². The molecule has 2 aromatic rings. The van der Waals surface area contributed by atoms with Crippen LogP contribution in [-0.2, 0) is 11.0 Å². The highest BCUT2D eigenvalue weighted by molar-refractivity contribution is 6.33. The lowest BCUT2D eigenvalue weighted by molar-refractivity contribution is -0.139. The molecule has 0 aliphatic rings. The van der Waals surface area contributed by atoms with Crippen molar-refractivity contribution in [3.05, 3.63) is 34.2 Å². The number of carbonyl (C=O) groups is 2. The smallest absolute Gasteiger partial charge is 0.417 e. The van der Waals surface area contributed by atoms with E-state index in [0.29, 0.717) is 12.6 Å². The highest BCUT2D eigenvalue weighted by Crippen LogP contribution is 2.33. The van der Waals surface area contributed by atoms with Crippen LogP contribution in [0.15, 0.2) is 12.3 Å². The Morgan fingerprint density at radius 1 is 1.44 bits per heavy atom. The quantitative estimate of drug-likeness (QED) is 0.837. The Balaban J connectivity index is 2.53. The predicted molar refractivity (Wildman–Crippen MR) is 83.7 cm³/mol. The number of nitrogens with zero attached hydrogens (tertiary/aromatic N) is 2. The lowest BCUT2D eigenvalue weighted by Crippen LogP contribution is -2.41. The third-order valence-corrected chi connectivity index (χ3v) is 3.85. The number of amides is 1. The zero-order chi connectivity index (χ0) is 18.9. The lowest BCUT2D eigenvalue weighted by Gasteiger charge is -2.14. The van der Waals surface area contributed by atoms with E-state index < -0.39 is 29.7 Å². The van der Waals surface area contributed by atoms with Gasteiger partial charge in [0.15, 0.2) is 5.65 Å². The first-order valence-electron chi connectivity index (χ1n) is 7.35. The highest BCUT2D eigenvalue weighted by Gasteiger charge is 2.33. The van der Waals surface area contributed by atoms with Gasteiger partial charge in [0.1, 0.15) is 11.7 Å². The number of aromatic nitrogens is 2. The Morgan fingerprint density at radius 2 is 2.08 bits per heavy atom. The number of carboxylic acids is 1. The predicted octanol–water partition coefficient (Wildman–Crippen LogP) is 3.30. The van der Waals surface area contributed by atoms with Gasteiger partial charge in [0.05, 0.1) is 16.3 Å². The van der Waals surface area contributed by atoms with Crippen LogP contribution >= 0.6 is 11.6 Å². The van der Waals surface area contributed by atoms with Crippen LogP contribution in [0.2, 0.25) is 5.02 Å². The first-order valence-corrected chi connectivity index (χ1v) is 7.73. The van der Waals surface area contributed by atoms with Crippen molar-refractivity contribution in [3.63, 3.8) is 0 Å². The van der Waals surface area contributed by atoms with Crippen LogP contribution in [0, 0.1) is 6.92 Å². The van der Waals surface area contributed by atoms with Crippen LogP contribution in [-0.4, -0.2) is 32.4 Å². The van der Waals surface area contributed by atoms with E-state index in [0.717, 1.165) is 10.5 Å². The zero-order valence-electron chi connectivity index (χ0n) is 13.3. The number of nitrogens with one attached hydrogen (secondary N) is 1. The van der Waals surface area contributed by atoms with Crippen molar-refractivity contribution in [1.82, 2.24) is 14.7 Å². The summed E-state index contributed by atoms with van der Waals surface area (Å²) in [5.41, 5.74) is -1.11. The van der Waals surface area contributed by atoms with Crippen molar-refractivity contribution in [2.24, 2.45) is 0 Å². The summed E-state index contributed by atoms with van der Waals surface area (Å²) in [6, 6.07) is -0.425. The molecule has 1 atom stereocenters. The molecule has 136 valence electrons. The van der Waals surface area contributed by atoms with Gasteiger partial charge in [0.2, 0.25) is 0 Å². The van der Waals surface area contributed by atoms with Gasteiger partial charge in [-0.3, -0.25) is 9.20 Å². The molecule has 2 rings (SSSR count). The molecule has 0 spiro atoms. The fourth-order valence-electron chi connectivity index (χ4n) is 2.42. The number of aryl methyl sites for hydroxylation is 1. The van der Waals surface area contributed by atoms with Gasteiger partial charge in [0, 0.05) is 6.20 Å². The summed E-state index contributed by atoms with van der Waals surface area (Å²) in [5.74, 6) is -2.06. The maximum absolute atomic E-state index is 13.0. The van der Waals surface area contributed by atoms with Gasteiger partial charge >= 0.3 is 12.1 Å². The molecule has 2 aromatic heterocycles. The first-order chi connectivity index (χ1) is 11.6. The number of carboxylic acid groups (broad SMARTS) is 1. The minimum atomic E-state index is -4.66. The van der Waals surface area contributed by atoms with E-state index in [1.165, 1.54) is 6.92 Å². The van der Waals surface area contributed by atoms with E-state index in [1.807, 2.05) is 0 Å². The molecule has 1 unspecified atom stereocenters. The number of fused-ring (bicyclic) bond motifs is 1. The van der Waals surface area contributed by atoms with Gasteiger partial charge < -0.3 is 10.4 Å². The number of pyridine rings is 1. The second-order valence-electron chi connectivity index (χ2n) is 5.47. The molecule has 0 aliphatic carbocycles. The number of imidazole rings is 1. The van der Waals surface area contributed by atoms with Crippen molar-refractivity contribution < 1.29 is 27.9 Å². The van der Waals surface area contributed by atoms with E-state index in [2.05, 4.69) is 10.3 Å². The van der Waals surface area contributed by atoms with Crippen LogP contribution in [0.1, 0.15) is 41.5 Å². The lowest BCUT2D eigenvalue weighted by atomic mass is 10.1. The fraction of sp³-hybridized carbons (Fsp3) is 0.400. The van der Waals surface area contributed by atoms with Crippen molar-refractivity contribution >= 4 is 29.1 Å². The average molecular weight is 378 g/mol. The number of carbonyl (C=O) groups excluding carboxylic acids is 1. The Bertz CT molecular complexity index is 833. The summed E-state index contributed by atoms with van der Waals surface area (Å²) in [7, 11) is 0. The highest BCUT2D eigenvalue weighted by atomic mass is 35.5. The molecule has 0 radical (unpaired) electrons. The van der Waals surface area contributed by atoms with Crippen LogP contribution in [0.5, 0.6) is 0 Å². The zero-order valence-corrected chi connectivity index (χ0v) is 14.1. The summed E-state index contributed by atoms with van der Waals surface area (Å²) < 4.78 is 39.9. The molecule has 10 heteroatoms. The molecule has 2 heterocycles. The van der Waals surface area contributed by atoms with Crippen LogP contribution in [0.3, 0.4) is 0 Å². The fourth-order valence-corrected chi connectivity index (χ4v) is 2.67. The number of halogens is 4. The molecule has 2 N–H and O–H groups in total. The molecule has 0 saturated carbocycles. The Hall–Kier alpha value is -2.29. The van der Waals surface area contributed by atoms with Crippen LogP contribution < -0.4 is 5.32 Å². The maximum Gasteiger partial charge on any atom is 0.417 e. The minimum absolute atomic E-state index is 0.0142. The second kappa shape index (κ2) is 6.91. The van der Waals surface area contributed by atoms with Crippen molar-refractivity contribution in [2.75, 3.05) is 0 Å². The third-order valence-electron chi connectivity index (χ3n) is 3.57. The van der Waals surface area contributed by atoms with Crippen molar-refractivity contribution in [2.45, 2.75) is 38.9 Å². The van der Waals surface area contributed by atoms with Crippen molar-refractivity contribution in [1.29, 1.82) is 0 Å². The topological polar surface area (TPSA) is 83.7 Å². The van der Waals surface area contributed by atoms with Gasteiger partial charge in [-0.1, -0.05) is 24.9 Å². The van der Waals surface area contributed by atoms with Gasteiger partial charge in [-0.25, -0.2) is 9.78 Å². The van der Waals surface area contributed by atoms with Gasteiger partial charge in [-0.2, -0.15) is 13.2 Å². The minimum Gasteiger partial charge on any atom is -0.480 e. The van der Waals surface area contributed by atoms with Gasteiger partial charge in [-0.05, 0) is 19.4 Å². The maximum atomic E-state index is 13.0. The Kier molecular flexibility index (Phi) is 5.26. The molecular weight excluding hydrogens is 363 g/mol. The van der Waals surface area contributed by atoms with E-state index in [9.17, 15) is 22.8 Å². The molecule has 6 nitrogen and oxygen atoms in total. The van der Waals surface area contributed by atoms with Crippen LogP contribution in [0.4, 0.5) is 13.2 Å². The van der Waals surface area contributed by atoms with Crippen molar-refractivity contribution in [3.8, 4) is 0 Å². The third kappa shape index (κ3) is 3.87. The second-order valence-corrected chi connectivity index (χ2v) is 5.87. The molecule has 0 saturated heterocycles. The number of hydrogen-bond donors (Lipinski definition) is 2. The number of rotatable bonds is 5. The average Bonchev–Trinajstić information content (AvgIpc) is 2.82. The normalized spacial score (nSPS) is 13.0. The van der Waals surface area contributed by atoms with Gasteiger partial charge in [0.25, 0.3) is 5.91 Å². The molecule has 1 amide bonds. The Morgan fingerprint density at radius 3 is 2.60 bits per heavy atom. The molecule has 0 fully saturated rings. The molecular formula is C15H15ClF3N3O3. The summed E-state index contributed by atoms with van der Waals surface area (Å²) in [6.45, 7) is 3.18. The first kappa shape index (κ1) is 19.0. The van der Waals surface area contributed by atoms with E-state index >= 15 is 0 Å². The number of alkyl halides is 3. The monoisotopic (exact) mass is 377 g/mol. The molecule has 0 bridgehead atoms.